The first-order valence-corrected chi connectivity index (χ1v) is 6.47. The van der Waals surface area contributed by atoms with E-state index >= 15 is 0 Å². The summed E-state index contributed by atoms with van der Waals surface area (Å²) in [6.45, 7) is 2.30. The summed E-state index contributed by atoms with van der Waals surface area (Å²) in [7, 11) is 0. The van der Waals surface area contributed by atoms with Crippen molar-refractivity contribution in [1.82, 2.24) is 15.2 Å². The molecular formula is C9H9BrN4O2S. The number of carbonyl (C=O) groups is 1. The van der Waals surface area contributed by atoms with Crippen LogP contribution in [0.1, 0.15) is 16.6 Å². The molecule has 0 aliphatic heterocycles. The van der Waals surface area contributed by atoms with Crippen LogP contribution in [-0.2, 0) is 0 Å². The summed E-state index contributed by atoms with van der Waals surface area (Å²) in [5.74, 6) is 0.0184. The number of hydrogen-bond acceptors (Lipinski definition) is 5. The normalized spacial score (nSPS) is 10.2. The van der Waals surface area contributed by atoms with Gasteiger partial charge in [0.2, 0.25) is 5.95 Å². The zero-order valence-corrected chi connectivity index (χ0v) is 11.3. The van der Waals surface area contributed by atoms with E-state index < -0.39 is 0 Å². The van der Waals surface area contributed by atoms with Crippen molar-refractivity contribution < 1.29 is 9.53 Å². The van der Waals surface area contributed by atoms with Crippen molar-refractivity contribution in [1.29, 1.82) is 0 Å². The molecule has 0 spiro atoms. The Morgan fingerprint density at radius 1 is 1.71 bits per heavy atom. The Hall–Kier alpha value is -1.41. The highest BCUT2D eigenvalue weighted by Gasteiger charge is 2.13. The van der Waals surface area contributed by atoms with Gasteiger partial charge in [-0.25, -0.2) is 5.10 Å². The zero-order valence-electron chi connectivity index (χ0n) is 8.86. The number of nitrogens with one attached hydrogen (secondary N) is 2. The van der Waals surface area contributed by atoms with Gasteiger partial charge in [0.05, 0.1) is 6.61 Å². The van der Waals surface area contributed by atoms with Gasteiger partial charge in [-0.1, -0.05) is 0 Å². The standard InChI is InChI=1S/C9H9BrN4O2S/c1-2-16-9-12-8(13-14-9)11-7(15)6-5(10)3-4-17-6/h3-4H,2H2,1H3,(H2,11,12,13,14,15). The van der Waals surface area contributed by atoms with Crippen molar-refractivity contribution in [3.63, 3.8) is 0 Å². The van der Waals surface area contributed by atoms with Gasteiger partial charge in [0.25, 0.3) is 5.91 Å². The molecule has 2 aromatic rings. The molecule has 90 valence electrons. The van der Waals surface area contributed by atoms with Crippen LogP contribution >= 0.6 is 27.3 Å². The number of ether oxygens (including phenoxy) is 1. The molecule has 0 fully saturated rings. The lowest BCUT2D eigenvalue weighted by Crippen LogP contribution is -2.11. The second-order valence-electron chi connectivity index (χ2n) is 2.95. The molecule has 2 N–H and O–H groups in total. The Labute approximate surface area is 110 Å². The molecule has 6 nitrogen and oxygen atoms in total. The second-order valence-corrected chi connectivity index (χ2v) is 4.72. The smallest absolute Gasteiger partial charge is 0.337 e. The molecule has 8 heteroatoms. The van der Waals surface area contributed by atoms with Crippen molar-refractivity contribution in [2.75, 3.05) is 11.9 Å². The lowest BCUT2D eigenvalue weighted by molar-refractivity contribution is 0.102. The molecule has 0 radical (unpaired) electrons. The van der Waals surface area contributed by atoms with Crippen molar-refractivity contribution >= 4 is 39.1 Å². The highest BCUT2D eigenvalue weighted by Crippen LogP contribution is 2.23. The first kappa shape index (κ1) is 12.1. The molecule has 0 saturated carbocycles. The minimum atomic E-state index is -0.244. The summed E-state index contributed by atoms with van der Waals surface area (Å²) in [5, 5.41) is 10.8. The number of carbonyl (C=O) groups excluding carboxylic acids is 1. The van der Waals surface area contributed by atoms with Gasteiger partial charge in [0.1, 0.15) is 4.88 Å². The topological polar surface area (TPSA) is 79.9 Å². The number of amides is 1. The van der Waals surface area contributed by atoms with Crippen LogP contribution in [0.5, 0.6) is 6.01 Å². The zero-order chi connectivity index (χ0) is 12.3. The molecule has 17 heavy (non-hydrogen) atoms. The summed E-state index contributed by atoms with van der Waals surface area (Å²) in [4.78, 5) is 16.3. The van der Waals surface area contributed by atoms with E-state index in [0.717, 1.165) is 4.47 Å². The Bertz CT molecular complexity index is 525. The number of H-pyrrole nitrogens is 1. The lowest BCUT2D eigenvalue weighted by Gasteiger charge is -1.98. The van der Waals surface area contributed by atoms with Gasteiger partial charge in [0, 0.05) is 4.47 Å². The maximum Gasteiger partial charge on any atom is 0.337 e. The van der Waals surface area contributed by atoms with Gasteiger partial charge >= 0.3 is 6.01 Å². The molecule has 0 aliphatic carbocycles. The molecule has 2 aromatic heterocycles. The molecule has 0 atom stereocenters. The number of thiophene rings is 1. The van der Waals surface area contributed by atoms with E-state index in [1.165, 1.54) is 11.3 Å². The predicted octanol–water partition coefficient (Wildman–Crippen LogP) is 2.28. The lowest BCUT2D eigenvalue weighted by atomic mass is 10.4. The third-order valence-corrected chi connectivity index (χ3v) is 3.63. The minimum Gasteiger partial charge on any atom is -0.463 e. The summed E-state index contributed by atoms with van der Waals surface area (Å²) < 4.78 is 5.83. The summed E-state index contributed by atoms with van der Waals surface area (Å²) >= 11 is 4.63. The van der Waals surface area contributed by atoms with E-state index in [1.807, 2.05) is 18.4 Å². The third kappa shape index (κ3) is 2.83. The van der Waals surface area contributed by atoms with Crippen LogP contribution in [0.25, 0.3) is 0 Å². The molecular weight excluding hydrogens is 308 g/mol. The maximum absolute atomic E-state index is 11.8. The number of rotatable bonds is 4. The number of hydrogen-bond donors (Lipinski definition) is 2. The molecule has 1 amide bonds. The number of aromatic nitrogens is 3. The first-order valence-electron chi connectivity index (χ1n) is 4.80. The highest BCUT2D eigenvalue weighted by atomic mass is 79.9. The number of halogens is 1. The van der Waals surface area contributed by atoms with Gasteiger partial charge in [0.15, 0.2) is 0 Å². The fourth-order valence-electron chi connectivity index (χ4n) is 1.12. The van der Waals surface area contributed by atoms with Gasteiger partial charge in [-0.05, 0) is 34.3 Å². The fraction of sp³-hybridized carbons (Fsp3) is 0.222. The van der Waals surface area contributed by atoms with E-state index in [0.29, 0.717) is 11.5 Å². The Morgan fingerprint density at radius 2 is 2.53 bits per heavy atom. The Kier molecular flexibility index (Phi) is 3.75. The van der Waals surface area contributed by atoms with Gasteiger partial charge in [-0.15, -0.1) is 16.4 Å². The van der Waals surface area contributed by atoms with Crippen LogP contribution in [0.2, 0.25) is 0 Å². The largest absolute Gasteiger partial charge is 0.463 e. The van der Waals surface area contributed by atoms with Gasteiger partial charge < -0.3 is 4.74 Å². The quantitative estimate of drug-likeness (QED) is 0.906. The van der Waals surface area contributed by atoms with E-state index in [9.17, 15) is 4.79 Å². The van der Waals surface area contributed by atoms with Crippen molar-refractivity contribution in [2.24, 2.45) is 0 Å². The molecule has 0 saturated heterocycles. The second kappa shape index (κ2) is 5.28. The molecule has 0 aliphatic rings. The summed E-state index contributed by atoms with van der Waals surface area (Å²) in [6.07, 6.45) is 0. The van der Waals surface area contributed by atoms with E-state index in [1.54, 1.807) is 0 Å². The van der Waals surface area contributed by atoms with E-state index in [4.69, 9.17) is 4.74 Å². The monoisotopic (exact) mass is 316 g/mol. The number of nitrogens with zero attached hydrogens (tertiary/aromatic N) is 2. The van der Waals surface area contributed by atoms with Crippen molar-refractivity contribution in [2.45, 2.75) is 6.92 Å². The SMILES string of the molecule is CCOc1n[nH]c(NC(=O)c2sccc2Br)n1. The predicted molar refractivity (Wildman–Crippen MR) is 67.5 cm³/mol. The van der Waals surface area contributed by atoms with E-state index in [-0.39, 0.29) is 17.9 Å². The minimum absolute atomic E-state index is 0.216. The van der Waals surface area contributed by atoms with Crippen molar-refractivity contribution in [3.05, 3.63) is 20.8 Å². The fourth-order valence-corrected chi connectivity index (χ4v) is 2.56. The maximum atomic E-state index is 11.8. The molecule has 0 aromatic carbocycles. The third-order valence-electron chi connectivity index (χ3n) is 1.79. The highest BCUT2D eigenvalue weighted by molar-refractivity contribution is 9.10. The molecule has 0 unspecified atom stereocenters. The van der Waals surface area contributed by atoms with E-state index in [2.05, 4.69) is 36.4 Å². The number of anilines is 1. The molecule has 2 rings (SSSR count). The van der Waals surface area contributed by atoms with Crippen LogP contribution in [0, 0.1) is 0 Å². The van der Waals surface area contributed by atoms with Crippen LogP contribution in [-0.4, -0.2) is 27.7 Å². The van der Waals surface area contributed by atoms with Crippen LogP contribution in [0.15, 0.2) is 15.9 Å². The Balaban J connectivity index is 2.05. The average molecular weight is 317 g/mol. The van der Waals surface area contributed by atoms with Gasteiger partial charge in [-0.2, -0.15) is 4.98 Å². The summed E-state index contributed by atoms with van der Waals surface area (Å²) in [6, 6.07) is 2.03. The Morgan fingerprint density at radius 3 is 3.18 bits per heavy atom. The molecule has 0 bridgehead atoms. The first-order chi connectivity index (χ1) is 8.20. The van der Waals surface area contributed by atoms with Gasteiger partial charge in [-0.3, -0.25) is 10.1 Å². The summed E-state index contributed by atoms with van der Waals surface area (Å²) in [5.41, 5.74) is 0. The van der Waals surface area contributed by atoms with Crippen molar-refractivity contribution in [3.8, 4) is 6.01 Å². The average Bonchev–Trinajstić information content (AvgIpc) is 2.88. The van der Waals surface area contributed by atoms with Crippen LogP contribution in [0.4, 0.5) is 5.95 Å². The molecule has 2 heterocycles. The van der Waals surface area contributed by atoms with Crippen LogP contribution in [0.3, 0.4) is 0 Å². The van der Waals surface area contributed by atoms with Crippen LogP contribution < -0.4 is 10.1 Å². The number of aromatic amines is 1.